The van der Waals surface area contributed by atoms with Crippen molar-refractivity contribution in [3.63, 3.8) is 0 Å². The van der Waals surface area contributed by atoms with E-state index < -0.39 is 0 Å². The van der Waals surface area contributed by atoms with Crippen molar-refractivity contribution in [3.05, 3.63) is 18.3 Å². The number of fused-ring (bicyclic) bond motifs is 1. The van der Waals surface area contributed by atoms with E-state index in [0.29, 0.717) is 0 Å². The molecular formula is C19H32N4. The molecule has 1 N–H and O–H groups in total. The number of hydrogen-bond donors (Lipinski definition) is 1. The minimum Gasteiger partial charge on any atom is -0.339 e. The van der Waals surface area contributed by atoms with Gasteiger partial charge < -0.3 is 4.98 Å². The highest BCUT2D eigenvalue weighted by Gasteiger charge is 2.29. The van der Waals surface area contributed by atoms with Crippen molar-refractivity contribution in [2.45, 2.75) is 90.4 Å². The van der Waals surface area contributed by atoms with Crippen molar-refractivity contribution in [3.8, 4) is 0 Å². The van der Waals surface area contributed by atoms with Gasteiger partial charge in [-0.05, 0) is 12.8 Å². The molecule has 0 radical (unpaired) electrons. The van der Waals surface area contributed by atoms with Gasteiger partial charge in [0.1, 0.15) is 17.7 Å². The van der Waals surface area contributed by atoms with E-state index >= 15 is 0 Å². The molecule has 128 valence electrons. The molecular weight excluding hydrogens is 284 g/mol. The molecule has 2 aromatic rings. The first-order chi connectivity index (χ1) is 11.2. The summed E-state index contributed by atoms with van der Waals surface area (Å²) in [7, 11) is 0. The average molecular weight is 316 g/mol. The SMILES string of the molecule is CCCCCCCC(C)(CCCCC)c1nc2ncncc2[nH]1. The molecule has 0 aromatic carbocycles. The summed E-state index contributed by atoms with van der Waals surface area (Å²) in [6.07, 6.45) is 16.3. The van der Waals surface area contributed by atoms with Gasteiger partial charge in [-0.2, -0.15) is 0 Å². The number of nitrogens with zero attached hydrogens (tertiary/aromatic N) is 3. The Morgan fingerprint density at radius 2 is 1.61 bits per heavy atom. The molecule has 4 nitrogen and oxygen atoms in total. The van der Waals surface area contributed by atoms with Crippen molar-refractivity contribution in [1.29, 1.82) is 0 Å². The molecule has 0 bridgehead atoms. The number of rotatable bonds is 11. The van der Waals surface area contributed by atoms with Gasteiger partial charge in [-0.15, -0.1) is 0 Å². The third kappa shape index (κ3) is 5.02. The van der Waals surface area contributed by atoms with Crippen LogP contribution in [0.15, 0.2) is 12.5 Å². The van der Waals surface area contributed by atoms with Crippen LogP contribution in [0.1, 0.15) is 90.8 Å². The molecule has 2 rings (SSSR count). The van der Waals surface area contributed by atoms with Crippen molar-refractivity contribution in [1.82, 2.24) is 19.9 Å². The minimum atomic E-state index is 0.127. The maximum Gasteiger partial charge on any atom is 0.180 e. The van der Waals surface area contributed by atoms with Crippen LogP contribution in [0.3, 0.4) is 0 Å². The number of aromatic nitrogens is 4. The molecule has 1 atom stereocenters. The molecule has 0 fully saturated rings. The number of hydrogen-bond acceptors (Lipinski definition) is 3. The van der Waals surface area contributed by atoms with Crippen LogP contribution in [-0.2, 0) is 5.41 Å². The first kappa shape index (κ1) is 17.9. The Bertz CT molecular complexity index is 545. The zero-order chi connectivity index (χ0) is 16.5. The van der Waals surface area contributed by atoms with E-state index in [4.69, 9.17) is 4.98 Å². The Balaban J connectivity index is 2.07. The maximum atomic E-state index is 4.77. The summed E-state index contributed by atoms with van der Waals surface area (Å²) in [6, 6.07) is 0. The predicted molar refractivity (Wildman–Crippen MR) is 96.6 cm³/mol. The Morgan fingerprint density at radius 3 is 2.30 bits per heavy atom. The molecule has 2 heterocycles. The number of imidazole rings is 1. The third-order valence-electron chi connectivity index (χ3n) is 4.90. The van der Waals surface area contributed by atoms with E-state index in [1.165, 1.54) is 64.2 Å². The van der Waals surface area contributed by atoms with Crippen molar-refractivity contribution in [2.24, 2.45) is 0 Å². The fourth-order valence-corrected chi connectivity index (χ4v) is 3.29. The van der Waals surface area contributed by atoms with Crippen LogP contribution in [0, 0.1) is 0 Å². The smallest absolute Gasteiger partial charge is 0.180 e. The summed E-state index contributed by atoms with van der Waals surface area (Å²) >= 11 is 0. The standard InChI is InChI=1S/C19H32N4/c1-4-6-8-9-11-13-19(3,12-10-7-5-2)18-22-16-14-20-15-21-17(16)23-18/h14-15H,4-13H2,1-3H3,(H,20,21,22,23). The van der Waals surface area contributed by atoms with E-state index in [1.807, 2.05) is 6.20 Å². The zero-order valence-electron chi connectivity index (χ0n) is 15.1. The first-order valence-electron chi connectivity index (χ1n) is 9.36. The molecule has 0 saturated carbocycles. The molecule has 0 saturated heterocycles. The molecule has 0 aliphatic carbocycles. The topological polar surface area (TPSA) is 54.5 Å². The number of nitrogens with one attached hydrogen (secondary N) is 1. The number of aromatic amines is 1. The minimum absolute atomic E-state index is 0.127. The van der Waals surface area contributed by atoms with Gasteiger partial charge in [-0.25, -0.2) is 15.0 Å². The van der Waals surface area contributed by atoms with Crippen LogP contribution < -0.4 is 0 Å². The fourth-order valence-electron chi connectivity index (χ4n) is 3.29. The van der Waals surface area contributed by atoms with Crippen LogP contribution in [0.5, 0.6) is 0 Å². The summed E-state index contributed by atoms with van der Waals surface area (Å²) in [5, 5.41) is 0. The highest BCUT2D eigenvalue weighted by atomic mass is 15.0. The number of H-pyrrole nitrogens is 1. The molecule has 1 unspecified atom stereocenters. The lowest BCUT2D eigenvalue weighted by Crippen LogP contribution is -2.24. The third-order valence-corrected chi connectivity index (χ3v) is 4.90. The average Bonchev–Trinajstić information content (AvgIpc) is 3.00. The second-order valence-electron chi connectivity index (χ2n) is 7.03. The van der Waals surface area contributed by atoms with Gasteiger partial charge in [-0.3, -0.25) is 0 Å². The summed E-state index contributed by atoms with van der Waals surface area (Å²) < 4.78 is 0. The molecule has 2 aromatic heterocycles. The van der Waals surface area contributed by atoms with Crippen LogP contribution in [0.25, 0.3) is 11.2 Å². The molecule has 0 aliphatic heterocycles. The van der Waals surface area contributed by atoms with E-state index in [-0.39, 0.29) is 5.41 Å². The molecule has 0 aliphatic rings. The monoisotopic (exact) mass is 316 g/mol. The van der Waals surface area contributed by atoms with Crippen molar-refractivity contribution < 1.29 is 0 Å². The second kappa shape index (κ2) is 8.99. The van der Waals surface area contributed by atoms with E-state index in [9.17, 15) is 0 Å². The Labute approximate surface area is 140 Å². The Kier molecular flexibility index (Phi) is 7.00. The highest BCUT2D eigenvalue weighted by Crippen LogP contribution is 2.34. The van der Waals surface area contributed by atoms with E-state index in [1.54, 1.807) is 6.33 Å². The summed E-state index contributed by atoms with van der Waals surface area (Å²) in [5.74, 6) is 1.10. The van der Waals surface area contributed by atoms with Gasteiger partial charge in [0.2, 0.25) is 0 Å². The maximum absolute atomic E-state index is 4.77. The van der Waals surface area contributed by atoms with Gasteiger partial charge >= 0.3 is 0 Å². The van der Waals surface area contributed by atoms with Gasteiger partial charge in [0.05, 0.1) is 6.20 Å². The number of unbranched alkanes of at least 4 members (excludes halogenated alkanes) is 6. The van der Waals surface area contributed by atoms with Gasteiger partial charge in [0.25, 0.3) is 0 Å². The van der Waals surface area contributed by atoms with Gasteiger partial charge in [0.15, 0.2) is 5.65 Å². The summed E-state index contributed by atoms with van der Waals surface area (Å²) in [6.45, 7) is 6.90. The van der Waals surface area contributed by atoms with Gasteiger partial charge in [-0.1, -0.05) is 72.1 Å². The molecule has 23 heavy (non-hydrogen) atoms. The van der Waals surface area contributed by atoms with E-state index in [0.717, 1.165) is 17.0 Å². The largest absolute Gasteiger partial charge is 0.339 e. The normalized spacial score (nSPS) is 14.2. The lowest BCUT2D eigenvalue weighted by molar-refractivity contribution is 0.349. The van der Waals surface area contributed by atoms with Crippen LogP contribution in [0.4, 0.5) is 0 Å². The van der Waals surface area contributed by atoms with Crippen molar-refractivity contribution in [2.75, 3.05) is 0 Å². The van der Waals surface area contributed by atoms with Gasteiger partial charge in [0, 0.05) is 5.41 Å². The summed E-state index contributed by atoms with van der Waals surface area (Å²) in [5.41, 5.74) is 1.88. The lowest BCUT2D eigenvalue weighted by atomic mass is 9.79. The first-order valence-corrected chi connectivity index (χ1v) is 9.36. The molecule has 0 spiro atoms. The predicted octanol–water partition coefficient (Wildman–Crippen LogP) is 5.55. The Morgan fingerprint density at radius 1 is 0.957 bits per heavy atom. The summed E-state index contributed by atoms with van der Waals surface area (Å²) in [4.78, 5) is 16.6. The lowest BCUT2D eigenvalue weighted by Gasteiger charge is -2.27. The Hall–Kier alpha value is -1.45. The van der Waals surface area contributed by atoms with Crippen LogP contribution in [-0.4, -0.2) is 19.9 Å². The fraction of sp³-hybridized carbons (Fsp3) is 0.737. The highest BCUT2D eigenvalue weighted by molar-refractivity contribution is 5.69. The van der Waals surface area contributed by atoms with Crippen molar-refractivity contribution >= 4 is 11.2 Å². The second-order valence-corrected chi connectivity index (χ2v) is 7.03. The zero-order valence-corrected chi connectivity index (χ0v) is 15.1. The van der Waals surface area contributed by atoms with Crippen LogP contribution >= 0.6 is 0 Å². The molecule has 4 heteroatoms. The quantitative estimate of drug-likeness (QED) is 0.553. The van der Waals surface area contributed by atoms with E-state index in [2.05, 4.69) is 35.7 Å². The van der Waals surface area contributed by atoms with Crippen LogP contribution in [0.2, 0.25) is 0 Å². The molecule has 0 amide bonds.